The van der Waals surface area contributed by atoms with Crippen molar-refractivity contribution in [3.63, 3.8) is 0 Å². The molecule has 1 radical (unpaired) electrons. The summed E-state index contributed by atoms with van der Waals surface area (Å²) in [7, 11) is 1.78. The molecule has 3 heteroatoms. The topological polar surface area (TPSA) is 0 Å². The van der Waals surface area contributed by atoms with Crippen LogP contribution in [0.5, 0.6) is 0 Å². The summed E-state index contributed by atoms with van der Waals surface area (Å²) >= 11 is 0. The number of rotatable bonds is 10. The third kappa shape index (κ3) is 7.37. The van der Waals surface area contributed by atoms with Gasteiger partial charge in [-0.2, -0.15) is 46.5 Å². The van der Waals surface area contributed by atoms with Crippen molar-refractivity contribution in [1.29, 1.82) is 0 Å². The van der Waals surface area contributed by atoms with Gasteiger partial charge in [0.15, 0.2) is 0 Å². The van der Waals surface area contributed by atoms with Crippen molar-refractivity contribution in [2.24, 2.45) is 0 Å². The minimum atomic E-state index is 0. The van der Waals surface area contributed by atoms with Crippen LogP contribution < -0.4 is 0 Å². The molecule has 33 heavy (non-hydrogen) atoms. The SMILES string of the molecule is CCCc1c[pH+][c-](-c2ccc[cH-]2)c1CCC.CCCc1c[pH+][c-](-c2ccc[cH-]2)c1CCC.[Co+2]. The third-order valence-electron chi connectivity index (χ3n) is 6.10. The first-order valence-corrected chi connectivity index (χ1v) is 14.7. The summed E-state index contributed by atoms with van der Waals surface area (Å²) in [4.78, 5) is 0. The molecule has 0 amide bonds. The van der Waals surface area contributed by atoms with Crippen LogP contribution in [0.4, 0.5) is 0 Å². The van der Waals surface area contributed by atoms with Gasteiger partial charge in [-0.25, -0.2) is 0 Å². The van der Waals surface area contributed by atoms with E-state index in [1.165, 1.54) is 62.5 Å². The van der Waals surface area contributed by atoms with E-state index in [4.69, 9.17) is 0 Å². The Morgan fingerprint density at radius 3 is 1.33 bits per heavy atom. The Balaban J connectivity index is 0.000000227. The van der Waals surface area contributed by atoms with Crippen LogP contribution in [0.15, 0.2) is 60.1 Å². The van der Waals surface area contributed by atoms with Crippen LogP contribution in [0.1, 0.15) is 75.6 Å². The molecular formula is C30H40CoP2. The first-order chi connectivity index (χ1) is 15.7. The number of aryl methyl sites for hydroxylation is 2. The fourth-order valence-electron chi connectivity index (χ4n) is 4.64. The Labute approximate surface area is 215 Å². The van der Waals surface area contributed by atoms with Gasteiger partial charge < -0.3 is 0 Å². The van der Waals surface area contributed by atoms with Crippen molar-refractivity contribution in [2.75, 3.05) is 0 Å². The molecule has 4 rings (SSSR count). The molecule has 0 N–H and O–H groups in total. The van der Waals surface area contributed by atoms with Gasteiger partial charge in [0.2, 0.25) is 0 Å². The Hall–Kier alpha value is -1.23. The van der Waals surface area contributed by atoms with Crippen LogP contribution in [-0.4, -0.2) is 0 Å². The minimum absolute atomic E-state index is 0. The Bertz CT molecular complexity index is 931. The molecule has 2 unspecified atom stereocenters. The molecule has 0 nitrogen and oxygen atoms in total. The maximum Gasteiger partial charge on any atom is 2.00 e. The van der Waals surface area contributed by atoms with E-state index in [-0.39, 0.29) is 16.8 Å². The molecule has 0 aliphatic carbocycles. The molecule has 0 spiro atoms. The maximum absolute atomic E-state index is 2.47. The summed E-state index contributed by atoms with van der Waals surface area (Å²) in [6.07, 6.45) is 10.0. The van der Waals surface area contributed by atoms with E-state index in [2.05, 4.69) is 87.8 Å². The van der Waals surface area contributed by atoms with E-state index in [1.54, 1.807) is 32.8 Å². The molecule has 179 valence electrons. The number of hydrogen-bond donors (Lipinski definition) is 0. The number of hydrogen-bond acceptors (Lipinski definition) is 0. The van der Waals surface area contributed by atoms with Crippen molar-refractivity contribution in [3.8, 4) is 21.7 Å². The molecule has 0 fully saturated rings. The molecule has 0 aliphatic heterocycles. The summed E-state index contributed by atoms with van der Waals surface area (Å²) < 4.78 is 0. The van der Waals surface area contributed by atoms with Gasteiger partial charge in [0.25, 0.3) is 0 Å². The average molecular weight is 522 g/mol. The summed E-state index contributed by atoms with van der Waals surface area (Å²) in [6.45, 7) is 9.10. The molecule has 2 heterocycles. The van der Waals surface area contributed by atoms with Crippen molar-refractivity contribution in [2.45, 2.75) is 79.1 Å². The van der Waals surface area contributed by atoms with E-state index in [9.17, 15) is 0 Å². The zero-order valence-electron chi connectivity index (χ0n) is 20.8. The summed E-state index contributed by atoms with van der Waals surface area (Å²) in [5, 5.41) is 3.21. The second-order valence-corrected chi connectivity index (χ2v) is 10.8. The van der Waals surface area contributed by atoms with Gasteiger partial charge in [0.1, 0.15) is 0 Å². The van der Waals surface area contributed by atoms with E-state index in [1.807, 2.05) is 0 Å². The van der Waals surface area contributed by atoms with Crippen molar-refractivity contribution in [1.82, 2.24) is 0 Å². The first-order valence-electron chi connectivity index (χ1n) is 12.6. The van der Waals surface area contributed by atoms with Crippen LogP contribution in [0.3, 0.4) is 0 Å². The standard InChI is InChI=1S/2C15H20P.Co/c2*1-3-7-13-11-16-15(14(13)8-4-2)12-9-5-6-10-12;/h2*5-6,9-11,16H,3-4,7-8H2,1-2H3;/q2*-1;+2. The average Bonchev–Trinajstić information content (AvgIpc) is 3.58. The quantitative estimate of drug-likeness (QED) is 0.182. The van der Waals surface area contributed by atoms with E-state index >= 15 is 0 Å². The zero-order valence-corrected chi connectivity index (χ0v) is 23.8. The van der Waals surface area contributed by atoms with E-state index in [0.717, 1.165) is 16.4 Å². The van der Waals surface area contributed by atoms with Crippen LogP contribution in [0.25, 0.3) is 21.7 Å². The summed E-state index contributed by atoms with van der Waals surface area (Å²) in [6, 6.07) is 17.6. The Kier molecular flexibility index (Phi) is 12.6. The van der Waals surface area contributed by atoms with Crippen LogP contribution in [0.2, 0.25) is 0 Å². The van der Waals surface area contributed by atoms with Gasteiger partial charge in [-0.05, 0) is 27.0 Å². The molecule has 0 saturated carbocycles. The van der Waals surface area contributed by atoms with Crippen LogP contribution >= 0.6 is 16.4 Å². The van der Waals surface area contributed by atoms with Gasteiger partial charge in [-0.15, -0.1) is 35.4 Å². The monoisotopic (exact) mass is 521 g/mol. The van der Waals surface area contributed by atoms with Crippen molar-refractivity contribution >= 4 is 16.4 Å². The molecule has 0 aliphatic rings. The van der Waals surface area contributed by atoms with Gasteiger partial charge in [0, 0.05) is 0 Å². The van der Waals surface area contributed by atoms with Crippen molar-refractivity contribution < 1.29 is 16.8 Å². The predicted octanol–water partition coefficient (Wildman–Crippen LogP) is 10.0. The van der Waals surface area contributed by atoms with Gasteiger partial charge in [0.05, 0.1) is 0 Å². The zero-order chi connectivity index (χ0) is 22.8. The Morgan fingerprint density at radius 1 is 0.636 bits per heavy atom. The maximum atomic E-state index is 2.47. The van der Waals surface area contributed by atoms with Crippen LogP contribution in [0, 0.1) is 0 Å². The minimum Gasteiger partial charge on any atom is -0.183 e. The molecule has 0 bridgehead atoms. The first kappa shape index (κ1) is 28.0. The Morgan fingerprint density at radius 2 is 1.03 bits per heavy atom. The largest absolute Gasteiger partial charge is 2.00 e. The normalized spacial score (nSPS) is 11.0. The van der Waals surface area contributed by atoms with Gasteiger partial charge in [-0.1, -0.05) is 90.7 Å². The summed E-state index contributed by atoms with van der Waals surface area (Å²) in [5.74, 6) is 4.94. The van der Waals surface area contributed by atoms with E-state index < -0.39 is 0 Å². The van der Waals surface area contributed by atoms with Crippen molar-refractivity contribution in [3.05, 3.63) is 82.4 Å². The molecule has 2 aromatic carbocycles. The second kappa shape index (κ2) is 14.9. The van der Waals surface area contributed by atoms with E-state index in [0.29, 0.717) is 0 Å². The molecule has 0 saturated heterocycles. The fourth-order valence-corrected chi connectivity index (χ4v) is 7.50. The molecular weight excluding hydrogens is 481 g/mol. The van der Waals surface area contributed by atoms with Gasteiger partial charge >= 0.3 is 16.8 Å². The predicted molar refractivity (Wildman–Crippen MR) is 150 cm³/mol. The summed E-state index contributed by atoms with van der Waals surface area (Å²) in [5.41, 5.74) is 9.44. The molecule has 2 aromatic heterocycles. The van der Waals surface area contributed by atoms with Gasteiger partial charge in [-0.3, -0.25) is 0 Å². The third-order valence-corrected chi connectivity index (χ3v) is 8.85. The fraction of sp³-hybridized carbons (Fsp3) is 0.400. The smallest absolute Gasteiger partial charge is 0.183 e. The molecule has 2 atom stereocenters. The second-order valence-electron chi connectivity index (χ2n) is 8.68. The molecule has 4 aromatic rings. The van der Waals surface area contributed by atoms with Crippen LogP contribution in [-0.2, 0) is 42.5 Å².